The van der Waals surface area contributed by atoms with Gasteiger partial charge in [-0.2, -0.15) is 0 Å². The average molecular weight is 293 g/mol. The minimum absolute atomic E-state index is 0.0511. The number of nitrogens with one attached hydrogen (secondary N) is 1. The molecule has 0 bridgehead atoms. The fourth-order valence-corrected chi connectivity index (χ4v) is 2.40. The molecule has 0 saturated carbocycles. The molecule has 19 heavy (non-hydrogen) atoms. The summed E-state index contributed by atoms with van der Waals surface area (Å²) in [6.45, 7) is 0.259. The van der Waals surface area contributed by atoms with E-state index in [4.69, 9.17) is 23.2 Å². The number of nitrogens with zero attached hydrogens (tertiary/aromatic N) is 1. The Bertz CT molecular complexity index is 640. The van der Waals surface area contributed by atoms with E-state index >= 15 is 0 Å². The van der Waals surface area contributed by atoms with Crippen molar-refractivity contribution in [2.75, 3.05) is 16.8 Å². The SMILES string of the molecule is O=C1CN(c2ccc(Cl)cc2)c2cc(Cl)ccc2N1. The first-order valence-electron chi connectivity index (χ1n) is 5.76. The number of hydrogen-bond donors (Lipinski definition) is 1. The monoisotopic (exact) mass is 292 g/mol. The molecular weight excluding hydrogens is 283 g/mol. The van der Waals surface area contributed by atoms with Crippen molar-refractivity contribution in [3.63, 3.8) is 0 Å². The molecule has 2 aromatic rings. The number of fused-ring (bicyclic) bond motifs is 1. The first-order valence-corrected chi connectivity index (χ1v) is 6.51. The Morgan fingerprint density at radius 2 is 1.68 bits per heavy atom. The molecule has 2 aromatic carbocycles. The molecule has 1 heterocycles. The second kappa shape index (κ2) is 4.76. The van der Waals surface area contributed by atoms with Gasteiger partial charge in [-0.1, -0.05) is 23.2 Å². The maximum absolute atomic E-state index is 11.7. The average Bonchev–Trinajstić information content (AvgIpc) is 2.39. The van der Waals surface area contributed by atoms with Crippen molar-refractivity contribution < 1.29 is 4.79 Å². The predicted molar refractivity (Wildman–Crippen MR) is 78.5 cm³/mol. The summed E-state index contributed by atoms with van der Waals surface area (Å²) >= 11 is 11.9. The molecule has 3 rings (SSSR count). The zero-order chi connectivity index (χ0) is 13.4. The van der Waals surface area contributed by atoms with Gasteiger partial charge in [0.25, 0.3) is 0 Å². The molecule has 1 aliphatic rings. The third-order valence-electron chi connectivity index (χ3n) is 2.96. The lowest BCUT2D eigenvalue weighted by Gasteiger charge is -2.31. The zero-order valence-electron chi connectivity index (χ0n) is 9.86. The van der Waals surface area contributed by atoms with Crippen molar-refractivity contribution in [2.45, 2.75) is 0 Å². The van der Waals surface area contributed by atoms with Gasteiger partial charge < -0.3 is 10.2 Å². The van der Waals surface area contributed by atoms with Gasteiger partial charge in [-0.25, -0.2) is 0 Å². The zero-order valence-corrected chi connectivity index (χ0v) is 11.4. The standard InChI is InChI=1S/C14H10Cl2N2O/c15-9-1-4-11(5-2-9)18-8-14(19)17-12-6-3-10(16)7-13(12)18/h1-7H,8H2,(H,17,19). The summed E-state index contributed by atoms with van der Waals surface area (Å²) < 4.78 is 0. The number of benzene rings is 2. The second-order valence-corrected chi connectivity index (χ2v) is 5.15. The highest BCUT2D eigenvalue weighted by Crippen LogP contribution is 2.37. The van der Waals surface area contributed by atoms with Crippen LogP contribution in [0.15, 0.2) is 42.5 Å². The smallest absolute Gasteiger partial charge is 0.244 e. The van der Waals surface area contributed by atoms with Crippen LogP contribution in [0, 0.1) is 0 Å². The molecule has 0 radical (unpaired) electrons. The summed E-state index contributed by atoms with van der Waals surface area (Å²) in [5, 5.41) is 4.13. The van der Waals surface area contributed by atoms with Gasteiger partial charge >= 0.3 is 0 Å². The first kappa shape index (κ1) is 12.3. The van der Waals surface area contributed by atoms with Crippen LogP contribution in [-0.4, -0.2) is 12.5 Å². The van der Waals surface area contributed by atoms with Crippen LogP contribution in [0.3, 0.4) is 0 Å². The van der Waals surface area contributed by atoms with Crippen LogP contribution in [0.5, 0.6) is 0 Å². The highest BCUT2D eigenvalue weighted by molar-refractivity contribution is 6.31. The van der Waals surface area contributed by atoms with E-state index in [1.54, 1.807) is 24.3 Å². The first-order chi connectivity index (χ1) is 9.13. The van der Waals surface area contributed by atoms with Gasteiger partial charge in [0.15, 0.2) is 0 Å². The van der Waals surface area contributed by atoms with Crippen molar-refractivity contribution in [1.29, 1.82) is 0 Å². The van der Waals surface area contributed by atoms with Gasteiger partial charge in [0.1, 0.15) is 6.54 Å². The largest absolute Gasteiger partial charge is 0.330 e. The highest BCUT2D eigenvalue weighted by Gasteiger charge is 2.23. The Morgan fingerprint density at radius 3 is 2.42 bits per heavy atom. The molecule has 0 atom stereocenters. The summed E-state index contributed by atoms with van der Waals surface area (Å²) in [5.74, 6) is -0.0511. The van der Waals surface area contributed by atoms with Gasteiger partial charge in [-0.05, 0) is 42.5 Å². The molecule has 0 aliphatic carbocycles. The van der Waals surface area contributed by atoms with E-state index in [1.807, 2.05) is 23.1 Å². The Hall–Kier alpha value is -1.71. The maximum Gasteiger partial charge on any atom is 0.244 e. The van der Waals surface area contributed by atoms with Crippen molar-refractivity contribution >= 4 is 46.2 Å². The van der Waals surface area contributed by atoms with E-state index in [1.165, 1.54) is 0 Å². The molecule has 0 aromatic heterocycles. The predicted octanol–water partition coefficient (Wildman–Crippen LogP) is 4.08. The van der Waals surface area contributed by atoms with Crippen molar-refractivity contribution in [2.24, 2.45) is 0 Å². The third kappa shape index (κ3) is 2.39. The molecule has 0 saturated heterocycles. The molecule has 3 nitrogen and oxygen atoms in total. The van der Waals surface area contributed by atoms with E-state index in [9.17, 15) is 4.79 Å². The minimum Gasteiger partial charge on any atom is -0.330 e. The van der Waals surface area contributed by atoms with E-state index in [2.05, 4.69) is 5.32 Å². The highest BCUT2D eigenvalue weighted by atomic mass is 35.5. The molecule has 5 heteroatoms. The molecule has 0 fully saturated rings. The van der Waals surface area contributed by atoms with Crippen molar-refractivity contribution in [3.05, 3.63) is 52.5 Å². The van der Waals surface area contributed by atoms with Crippen LogP contribution in [-0.2, 0) is 4.79 Å². The Kier molecular flexibility index (Phi) is 3.09. The minimum atomic E-state index is -0.0511. The number of anilines is 3. The van der Waals surface area contributed by atoms with Crippen LogP contribution in [0.25, 0.3) is 0 Å². The van der Waals surface area contributed by atoms with E-state index in [0.717, 1.165) is 17.1 Å². The third-order valence-corrected chi connectivity index (χ3v) is 3.45. The lowest BCUT2D eigenvalue weighted by atomic mass is 10.1. The number of rotatable bonds is 1. The molecule has 96 valence electrons. The summed E-state index contributed by atoms with van der Waals surface area (Å²) in [5.41, 5.74) is 2.55. The van der Waals surface area contributed by atoms with Crippen molar-refractivity contribution in [3.8, 4) is 0 Å². The topological polar surface area (TPSA) is 32.3 Å². The van der Waals surface area contributed by atoms with Gasteiger partial charge in [-0.15, -0.1) is 0 Å². The lowest BCUT2D eigenvalue weighted by molar-refractivity contribution is -0.115. The van der Waals surface area contributed by atoms with Gasteiger partial charge in [0.05, 0.1) is 11.4 Å². The molecule has 1 N–H and O–H groups in total. The lowest BCUT2D eigenvalue weighted by Crippen LogP contribution is -2.34. The fraction of sp³-hybridized carbons (Fsp3) is 0.0714. The van der Waals surface area contributed by atoms with Gasteiger partial charge in [-0.3, -0.25) is 4.79 Å². The summed E-state index contributed by atoms with van der Waals surface area (Å²) in [7, 11) is 0. The Labute approximate surface area is 120 Å². The normalized spacial score (nSPS) is 14.0. The molecule has 0 unspecified atom stereocenters. The summed E-state index contributed by atoms with van der Waals surface area (Å²) in [6, 6.07) is 12.8. The van der Waals surface area contributed by atoms with E-state index in [-0.39, 0.29) is 12.5 Å². The molecule has 0 spiro atoms. The second-order valence-electron chi connectivity index (χ2n) is 4.27. The molecular formula is C14H10Cl2N2O. The molecule has 1 amide bonds. The Morgan fingerprint density at radius 1 is 1.00 bits per heavy atom. The van der Waals surface area contributed by atoms with Crippen LogP contribution in [0.2, 0.25) is 10.0 Å². The van der Waals surface area contributed by atoms with E-state index in [0.29, 0.717) is 10.0 Å². The van der Waals surface area contributed by atoms with Crippen LogP contribution in [0.1, 0.15) is 0 Å². The van der Waals surface area contributed by atoms with E-state index < -0.39 is 0 Å². The van der Waals surface area contributed by atoms with Crippen LogP contribution >= 0.6 is 23.2 Å². The number of carbonyl (C=O) groups is 1. The van der Waals surface area contributed by atoms with Crippen LogP contribution < -0.4 is 10.2 Å². The fourth-order valence-electron chi connectivity index (χ4n) is 2.10. The Balaban J connectivity index is 2.09. The van der Waals surface area contributed by atoms with Gasteiger partial charge in [0, 0.05) is 15.7 Å². The number of halogens is 2. The maximum atomic E-state index is 11.7. The summed E-state index contributed by atoms with van der Waals surface area (Å²) in [6.07, 6.45) is 0. The summed E-state index contributed by atoms with van der Waals surface area (Å²) in [4.78, 5) is 13.7. The number of amides is 1. The van der Waals surface area contributed by atoms with Crippen molar-refractivity contribution in [1.82, 2.24) is 0 Å². The molecule has 1 aliphatic heterocycles. The van der Waals surface area contributed by atoms with Gasteiger partial charge in [0.2, 0.25) is 5.91 Å². The van der Waals surface area contributed by atoms with Crippen LogP contribution in [0.4, 0.5) is 17.1 Å². The quantitative estimate of drug-likeness (QED) is 0.859. The number of carbonyl (C=O) groups excluding carboxylic acids is 1. The number of hydrogen-bond acceptors (Lipinski definition) is 2.